The van der Waals surface area contributed by atoms with Crippen molar-refractivity contribution in [3.8, 4) is 0 Å². The number of thiazole rings is 1. The average molecular weight is 277 g/mol. The number of likely N-dealkylation sites (N-methyl/N-ethyl adjacent to an activating group) is 1. The smallest absolute Gasteiger partial charge is 0.242 e. The zero-order valence-electron chi connectivity index (χ0n) is 10.8. The molecule has 0 saturated heterocycles. The Hall–Kier alpha value is -1.95. The van der Waals surface area contributed by atoms with E-state index in [1.807, 2.05) is 24.3 Å². The van der Waals surface area contributed by atoms with Crippen LogP contribution in [-0.2, 0) is 16.1 Å². The van der Waals surface area contributed by atoms with E-state index in [0.29, 0.717) is 6.54 Å². The summed E-state index contributed by atoms with van der Waals surface area (Å²) in [5, 5.41) is 3.38. The molecule has 1 aromatic heterocycles. The molecule has 5 nitrogen and oxygen atoms in total. The number of fused-ring (bicyclic) bond motifs is 1. The molecular formula is C13H15N3O2S. The number of amides is 2. The maximum Gasteiger partial charge on any atom is 0.242 e. The van der Waals surface area contributed by atoms with Crippen molar-refractivity contribution < 1.29 is 9.59 Å². The molecule has 0 aliphatic carbocycles. The van der Waals surface area contributed by atoms with Crippen molar-refractivity contribution in [1.82, 2.24) is 15.2 Å². The Balaban J connectivity index is 1.99. The van der Waals surface area contributed by atoms with Crippen LogP contribution in [0, 0.1) is 0 Å². The Bertz CT molecular complexity index is 576. The van der Waals surface area contributed by atoms with Crippen LogP contribution in [0.1, 0.15) is 11.9 Å². The molecule has 2 amide bonds. The van der Waals surface area contributed by atoms with Crippen LogP contribution in [0.4, 0.5) is 0 Å². The second-order valence-electron chi connectivity index (χ2n) is 4.23. The molecule has 2 rings (SSSR count). The molecule has 6 heteroatoms. The topological polar surface area (TPSA) is 62.3 Å². The molecule has 1 N–H and O–H groups in total. The minimum atomic E-state index is -0.207. The van der Waals surface area contributed by atoms with Crippen molar-refractivity contribution in [3.63, 3.8) is 0 Å². The third-order valence-electron chi connectivity index (χ3n) is 2.62. The van der Waals surface area contributed by atoms with Gasteiger partial charge in [0.2, 0.25) is 11.8 Å². The fraction of sp³-hybridized carbons (Fsp3) is 0.308. The molecule has 0 aliphatic rings. The van der Waals surface area contributed by atoms with Crippen molar-refractivity contribution in [1.29, 1.82) is 0 Å². The van der Waals surface area contributed by atoms with E-state index in [9.17, 15) is 9.59 Å². The lowest BCUT2D eigenvalue weighted by molar-refractivity contribution is -0.131. The summed E-state index contributed by atoms with van der Waals surface area (Å²) in [5.74, 6) is -0.337. The van der Waals surface area contributed by atoms with Gasteiger partial charge < -0.3 is 10.2 Å². The van der Waals surface area contributed by atoms with E-state index in [0.717, 1.165) is 15.2 Å². The van der Waals surface area contributed by atoms with Crippen LogP contribution in [0.25, 0.3) is 10.2 Å². The summed E-state index contributed by atoms with van der Waals surface area (Å²) in [6, 6.07) is 7.87. The maximum absolute atomic E-state index is 11.8. The third kappa shape index (κ3) is 3.51. The second kappa shape index (κ2) is 5.79. The first-order chi connectivity index (χ1) is 9.06. The van der Waals surface area contributed by atoms with Gasteiger partial charge in [-0.2, -0.15) is 0 Å². The van der Waals surface area contributed by atoms with Crippen molar-refractivity contribution in [2.45, 2.75) is 13.5 Å². The van der Waals surface area contributed by atoms with Crippen LogP contribution in [0.15, 0.2) is 24.3 Å². The summed E-state index contributed by atoms with van der Waals surface area (Å²) in [6.07, 6.45) is 0. The molecule has 0 fully saturated rings. The van der Waals surface area contributed by atoms with Crippen LogP contribution < -0.4 is 5.32 Å². The highest BCUT2D eigenvalue weighted by Crippen LogP contribution is 2.22. The van der Waals surface area contributed by atoms with E-state index in [-0.39, 0.29) is 18.4 Å². The number of para-hydroxylation sites is 1. The number of nitrogens with zero attached hydrogens (tertiary/aromatic N) is 2. The molecule has 0 unspecified atom stereocenters. The summed E-state index contributed by atoms with van der Waals surface area (Å²) >= 11 is 1.58. The number of carbonyl (C=O) groups excluding carboxylic acids is 2. The molecule has 1 heterocycles. The Labute approximate surface area is 115 Å². The number of rotatable bonds is 4. The van der Waals surface area contributed by atoms with Crippen LogP contribution >= 0.6 is 11.3 Å². The minimum Gasteiger partial charge on any atom is -0.347 e. The molecule has 0 radical (unpaired) electrons. The average Bonchev–Trinajstić information content (AvgIpc) is 2.77. The molecule has 0 bridgehead atoms. The molecule has 19 heavy (non-hydrogen) atoms. The fourth-order valence-corrected chi connectivity index (χ4v) is 2.63. The van der Waals surface area contributed by atoms with Crippen LogP contribution in [0.3, 0.4) is 0 Å². The maximum atomic E-state index is 11.8. The molecule has 100 valence electrons. The number of nitrogens with one attached hydrogen (secondary N) is 1. The largest absolute Gasteiger partial charge is 0.347 e. The normalized spacial score (nSPS) is 10.4. The lowest BCUT2D eigenvalue weighted by Crippen LogP contribution is -2.36. The van der Waals surface area contributed by atoms with Crippen molar-refractivity contribution >= 4 is 33.4 Å². The van der Waals surface area contributed by atoms with E-state index in [4.69, 9.17) is 0 Å². The van der Waals surface area contributed by atoms with Gasteiger partial charge in [0.25, 0.3) is 0 Å². The Morgan fingerprint density at radius 3 is 2.79 bits per heavy atom. The molecule has 2 aromatic rings. The van der Waals surface area contributed by atoms with Crippen molar-refractivity contribution in [2.24, 2.45) is 0 Å². The van der Waals surface area contributed by atoms with Gasteiger partial charge in [-0.25, -0.2) is 4.98 Å². The van der Waals surface area contributed by atoms with Crippen LogP contribution in [0.2, 0.25) is 0 Å². The first-order valence-corrected chi connectivity index (χ1v) is 6.71. The van der Waals surface area contributed by atoms with E-state index in [1.165, 1.54) is 6.92 Å². The van der Waals surface area contributed by atoms with Gasteiger partial charge in [0.05, 0.1) is 23.3 Å². The SMILES string of the molecule is CC(=O)NCC(=O)N(C)Cc1nc2ccccc2s1. The van der Waals surface area contributed by atoms with Gasteiger partial charge in [0.15, 0.2) is 0 Å². The van der Waals surface area contributed by atoms with Gasteiger partial charge in [-0.3, -0.25) is 9.59 Å². The van der Waals surface area contributed by atoms with E-state index in [2.05, 4.69) is 10.3 Å². The zero-order valence-corrected chi connectivity index (χ0v) is 11.7. The fourth-order valence-electron chi connectivity index (χ4n) is 1.61. The number of benzene rings is 1. The van der Waals surface area contributed by atoms with Gasteiger partial charge in [-0.05, 0) is 12.1 Å². The Morgan fingerprint density at radius 1 is 1.37 bits per heavy atom. The summed E-state index contributed by atoms with van der Waals surface area (Å²) < 4.78 is 1.11. The summed E-state index contributed by atoms with van der Waals surface area (Å²) in [5.41, 5.74) is 0.949. The first kappa shape index (κ1) is 13.5. The number of hydrogen-bond acceptors (Lipinski definition) is 4. The number of aromatic nitrogens is 1. The first-order valence-electron chi connectivity index (χ1n) is 5.89. The highest BCUT2D eigenvalue weighted by atomic mass is 32.1. The molecule has 0 saturated carbocycles. The Kier molecular flexibility index (Phi) is 4.11. The summed E-state index contributed by atoms with van der Waals surface area (Å²) in [4.78, 5) is 28.5. The summed E-state index contributed by atoms with van der Waals surface area (Å²) in [7, 11) is 1.70. The van der Waals surface area contributed by atoms with Gasteiger partial charge in [-0.15, -0.1) is 11.3 Å². The van der Waals surface area contributed by atoms with E-state index in [1.54, 1.807) is 23.3 Å². The highest BCUT2D eigenvalue weighted by Gasteiger charge is 2.12. The molecule has 0 spiro atoms. The van der Waals surface area contributed by atoms with E-state index >= 15 is 0 Å². The van der Waals surface area contributed by atoms with Gasteiger partial charge in [0.1, 0.15) is 5.01 Å². The predicted octanol–water partition coefficient (Wildman–Crippen LogP) is 1.39. The molecule has 1 aromatic carbocycles. The van der Waals surface area contributed by atoms with E-state index < -0.39 is 0 Å². The van der Waals surface area contributed by atoms with Gasteiger partial charge >= 0.3 is 0 Å². The monoisotopic (exact) mass is 277 g/mol. The summed E-state index contributed by atoms with van der Waals surface area (Å²) in [6.45, 7) is 1.87. The number of carbonyl (C=O) groups is 2. The lowest BCUT2D eigenvalue weighted by Gasteiger charge is -2.15. The van der Waals surface area contributed by atoms with Crippen LogP contribution in [-0.4, -0.2) is 35.3 Å². The molecular weight excluding hydrogens is 262 g/mol. The van der Waals surface area contributed by atoms with Crippen LogP contribution in [0.5, 0.6) is 0 Å². The second-order valence-corrected chi connectivity index (χ2v) is 5.35. The standard InChI is InChI=1S/C13H15N3O2S/c1-9(17)14-7-13(18)16(2)8-12-15-10-5-3-4-6-11(10)19-12/h3-6H,7-8H2,1-2H3,(H,14,17). The van der Waals surface area contributed by atoms with Crippen molar-refractivity contribution in [2.75, 3.05) is 13.6 Å². The Morgan fingerprint density at radius 2 is 2.11 bits per heavy atom. The quantitative estimate of drug-likeness (QED) is 0.918. The third-order valence-corrected chi connectivity index (χ3v) is 3.65. The highest BCUT2D eigenvalue weighted by molar-refractivity contribution is 7.18. The lowest BCUT2D eigenvalue weighted by atomic mass is 10.3. The van der Waals surface area contributed by atoms with Gasteiger partial charge in [0, 0.05) is 14.0 Å². The minimum absolute atomic E-state index is 0.0245. The molecule has 0 atom stereocenters. The molecule has 0 aliphatic heterocycles. The van der Waals surface area contributed by atoms with Gasteiger partial charge in [-0.1, -0.05) is 12.1 Å². The zero-order chi connectivity index (χ0) is 13.8. The van der Waals surface area contributed by atoms with Crippen molar-refractivity contribution in [3.05, 3.63) is 29.3 Å². The predicted molar refractivity (Wildman–Crippen MR) is 74.8 cm³/mol. The number of hydrogen-bond donors (Lipinski definition) is 1.